The Labute approximate surface area is 158 Å². The fourth-order valence-corrected chi connectivity index (χ4v) is 2.81. The molecule has 1 N–H and O–H groups in total. The molecule has 26 heavy (non-hydrogen) atoms. The summed E-state index contributed by atoms with van der Waals surface area (Å²) in [6.07, 6.45) is -0.629. The summed E-state index contributed by atoms with van der Waals surface area (Å²) in [5, 5.41) is 3.63. The first kappa shape index (κ1) is 18.4. The first-order valence-electron chi connectivity index (χ1n) is 8.57. The second-order valence-corrected chi connectivity index (χ2v) is 6.71. The number of aryl methyl sites for hydroxylation is 1. The quantitative estimate of drug-likeness (QED) is 0.856. The summed E-state index contributed by atoms with van der Waals surface area (Å²) in [5.74, 6) is 1.85. The van der Waals surface area contributed by atoms with Crippen molar-refractivity contribution in [3.8, 4) is 17.2 Å². The van der Waals surface area contributed by atoms with Gasteiger partial charge in [0.2, 0.25) is 0 Å². The van der Waals surface area contributed by atoms with Gasteiger partial charge in [0.1, 0.15) is 19.0 Å². The molecule has 1 heterocycles. The minimum atomic E-state index is -0.629. The van der Waals surface area contributed by atoms with E-state index in [2.05, 4.69) is 5.32 Å². The van der Waals surface area contributed by atoms with Gasteiger partial charge in [0.05, 0.1) is 6.04 Å². The molecular weight excluding hydrogens is 354 g/mol. The number of nitrogens with one attached hydrogen (secondary N) is 1. The van der Waals surface area contributed by atoms with E-state index in [4.69, 9.17) is 25.8 Å². The molecule has 138 valence electrons. The van der Waals surface area contributed by atoms with Crippen LogP contribution in [0, 0.1) is 6.92 Å². The number of halogens is 1. The molecule has 1 amide bonds. The zero-order chi connectivity index (χ0) is 18.7. The van der Waals surface area contributed by atoms with E-state index in [0.29, 0.717) is 29.7 Å². The molecule has 0 saturated heterocycles. The molecule has 0 unspecified atom stereocenters. The van der Waals surface area contributed by atoms with E-state index in [0.717, 1.165) is 16.9 Å². The number of benzene rings is 2. The summed E-state index contributed by atoms with van der Waals surface area (Å²) < 4.78 is 16.8. The van der Waals surface area contributed by atoms with Crippen molar-refractivity contribution in [1.82, 2.24) is 5.32 Å². The van der Waals surface area contributed by atoms with Gasteiger partial charge in [0, 0.05) is 5.02 Å². The fraction of sp³-hybridized carbons (Fsp3) is 0.350. The molecule has 0 bridgehead atoms. The van der Waals surface area contributed by atoms with Gasteiger partial charge in [-0.1, -0.05) is 17.7 Å². The molecule has 0 aliphatic carbocycles. The average Bonchev–Trinajstić information content (AvgIpc) is 2.64. The number of ether oxygens (including phenoxy) is 3. The van der Waals surface area contributed by atoms with E-state index in [9.17, 15) is 4.79 Å². The van der Waals surface area contributed by atoms with Gasteiger partial charge in [-0.05, 0) is 62.2 Å². The number of carbonyl (C=O) groups is 1. The van der Waals surface area contributed by atoms with Crippen LogP contribution in [-0.2, 0) is 4.79 Å². The predicted molar refractivity (Wildman–Crippen MR) is 100 cm³/mol. The number of rotatable bonds is 5. The van der Waals surface area contributed by atoms with Gasteiger partial charge < -0.3 is 19.5 Å². The Hall–Kier alpha value is -2.40. The number of amides is 1. The number of fused-ring (bicyclic) bond motifs is 1. The van der Waals surface area contributed by atoms with Crippen molar-refractivity contribution in [3.05, 3.63) is 52.5 Å². The van der Waals surface area contributed by atoms with Crippen molar-refractivity contribution < 1.29 is 19.0 Å². The molecule has 0 saturated carbocycles. The molecular formula is C20H22ClNO4. The third-order valence-electron chi connectivity index (χ3n) is 4.24. The Morgan fingerprint density at radius 1 is 1.12 bits per heavy atom. The minimum Gasteiger partial charge on any atom is -0.486 e. The van der Waals surface area contributed by atoms with Crippen LogP contribution in [0.25, 0.3) is 0 Å². The molecule has 2 aromatic rings. The largest absolute Gasteiger partial charge is 0.486 e. The number of hydrogen-bond donors (Lipinski definition) is 1. The lowest BCUT2D eigenvalue weighted by Crippen LogP contribution is -2.37. The zero-order valence-electron chi connectivity index (χ0n) is 15.0. The second-order valence-electron chi connectivity index (χ2n) is 6.30. The Kier molecular flexibility index (Phi) is 5.57. The highest BCUT2D eigenvalue weighted by molar-refractivity contribution is 6.31. The van der Waals surface area contributed by atoms with E-state index < -0.39 is 6.10 Å². The van der Waals surface area contributed by atoms with Gasteiger partial charge in [-0.3, -0.25) is 4.79 Å². The maximum absolute atomic E-state index is 12.5. The molecule has 0 spiro atoms. The second kappa shape index (κ2) is 7.87. The first-order valence-corrected chi connectivity index (χ1v) is 8.94. The lowest BCUT2D eigenvalue weighted by molar-refractivity contribution is -0.127. The summed E-state index contributed by atoms with van der Waals surface area (Å²) in [6, 6.07) is 10.8. The number of carbonyl (C=O) groups excluding carboxylic acids is 1. The fourth-order valence-electron chi connectivity index (χ4n) is 2.69. The van der Waals surface area contributed by atoms with Crippen molar-refractivity contribution in [1.29, 1.82) is 0 Å². The summed E-state index contributed by atoms with van der Waals surface area (Å²) in [5.41, 5.74) is 1.85. The normalized spacial score (nSPS) is 15.1. The Morgan fingerprint density at radius 3 is 2.58 bits per heavy atom. The Bertz CT molecular complexity index is 808. The van der Waals surface area contributed by atoms with Crippen LogP contribution in [0.2, 0.25) is 5.02 Å². The molecule has 2 aromatic carbocycles. The van der Waals surface area contributed by atoms with E-state index >= 15 is 0 Å². The van der Waals surface area contributed by atoms with Crippen LogP contribution in [0.15, 0.2) is 36.4 Å². The molecule has 0 fully saturated rings. The zero-order valence-corrected chi connectivity index (χ0v) is 15.8. The third-order valence-corrected chi connectivity index (χ3v) is 4.66. The van der Waals surface area contributed by atoms with Crippen molar-refractivity contribution in [3.63, 3.8) is 0 Å². The lowest BCUT2D eigenvalue weighted by atomic mass is 10.1. The molecule has 1 aliphatic rings. The minimum absolute atomic E-state index is 0.184. The summed E-state index contributed by atoms with van der Waals surface area (Å²) in [4.78, 5) is 12.5. The topological polar surface area (TPSA) is 56.8 Å². The standard InChI is InChI=1S/C20H22ClNO4/c1-12-10-16(5-6-17(12)21)26-14(3)20(23)22-13(2)15-4-7-18-19(11-15)25-9-8-24-18/h4-7,10-11,13-14H,8-9H2,1-3H3,(H,22,23)/t13-,14-/m0/s1. The van der Waals surface area contributed by atoms with Gasteiger partial charge in [-0.25, -0.2) is 0 Å². The van der Waals surface area contributed by atoms with Crippen molar-refractivity contribution in [2.75, 3.05) is 13.2 Å². The Morgan fingerprint density at radius 2 is 1.85 bits per heavy atom. The van der Waals surface area contributed by atoms with E-state index in [1.165, 1.54) is 0 Å². The predicted octanol–water partition coefficient (Wildman–Crippen LogP) is 4.06. The first-order chi connectivity index (χ1) is 12.4. The van der Waals surface area contributed by atoms with Crippen molar-refractivity contribution >= 4 is 17.5 Å². The molecule has 0 aromatic heterocycles. The van der Waals surface area contributed by atoms with Gasteiger partial charge in [-0.15, -0.1) is 0 Å². The molecule has 6 heteroatoms. The van der Waals surface area contributed by atoms with Crippen molar-refractivity contribution in [2.24, 2.45) is 0 Å². The van der Waals surface area contributed by atoms with Crippen LogP contribution in [0.1, 0.15) is 31.0 Å². The molecule has 2 atom stereocenters. The van der Waals surface area contributed by atoms with Gasteiger partial charge in [-0.2, -0.15) is 0 Å². The van der Waals surface area contributed by atoms with Crippen LogP contribution in [0.5, 0.6) is 17.2 Å². The lowest BCUT2D eigenvalue weighted by Gasteiger charge is -2.22. The number of hydrogen-bond acceptors (Lipinski definition) is 4. The van der Waals surface area contributed by atoms with Crippen LogP contribution in [-0.4, -0.2) is 25.2 Å². The van der Waals surface area contributed by atoms with Gasteiger partial charge in [0.25, 0.3) is 5.91 Å². The van der Waals surface area contributed by atoms with Crippen LogP contribution in [0.3, 0.4) is 0 Å². The molecule has 3 rings (SSSR count). The van der Waals surface area contributed by atoms with Gasteiger partial charge >= 0.3 is 0 Å². The summed E-state index contributed by atoms with van der Waals surface area (Å²) in [7, 11) is 0. The maximum Gasteiger partial charge on any atom is 0.261 e. The third kappa shape index (κ3) is 4.22. The highest BCUT2D eigenvalue weighted by Crippen LogP contribution is 2.32. The average molecular weight is 376 g/mol. The maximum atomic E-state index is 12.5. The highest BCUT2D eigenvalue weighted by Gasteiger charge is 2.20. The van der Waals surface area contributed by atoms with Gasteiger partial charge in [0.15, 0.2) is 17.6 Å². The summed E-state index contributed by atoms with van der Waals surface area (Å²) >= 11 is 6.01. The molecule has 5 nitrogen and oxygen atoms in total. The molecule has 1 aliphatic heterocycles. The van der Waals surface area contributed by atoms with Crippen molar-refractivity contribution in [2.45, 2.75) is 32.9 Å². The van der Waals surface area contributed by atoms with E-state index in [1.807, 2.05) is 38.1 Å². The smallest absolute Gasteiger partial charge is 0.261 e. The van der Waals surface area contributed by atoms with E-state index in [-0.39, 0.29) is 11.9 Å². The Balaban J connectivity index is 1.62. The monoisotopic (exact) mass is 375 g/mol. The summed E-state index contributed by atoms with van der Waals surface area (Å²) in [6.45, 7) is 6.61. The SMILES string of the molecule is Cc1cc(O[C@@H](C)C(=O)N[C@@H](C)c2ccc3c(c2)OCCO3)ccc1Cl. The highest BCUT2D eigenvalue weighted by atomic mass is 35.5. The van der Waals surface area contributed by atoms with E-state index in [1.54, 1.807) is 19.1 Å². The molecule has 0 radical (unpaired) electrons. The van der Waals surface area contributed by atoms with Crippen LogP contribution >= 0.6 is 11.6 Å². The van der Waals surface area contributed by atoms with Crippen LogP contribution in [0.4, 0.5) is 0 Å². The van der Waals surface area contributed by atoms with Crippen LogP contribution < -0.4 is 19.5 Å².